The monoisotopic (exact) mass is 357 g/mol. The molecule has 0 saturated carbocycles. The molecule has 1 N–H and O–H groups in total. The van der Waals surface area contributed by atoms with E-state index in [4.69, 9.17) is 16.3 Å². The van der Waals surface area contributed by atoms with Crippen LogP contribution in [0.15, 0.2) is 35.9 Å². The van der Waals surface area contributed by atoms with Crippen molar-refractivity contribution in [1.82, 2.24) is 4.57 Å². The predicted molar refractivity (Wildman–Crippen MR) is 99.5 cm³/mol. The largest absolute Gasteiger partial charge is 0.383 e. The van der Waals surface area contributed by atoms with Gasteiger partial charge in [-0.15, -0.1) is 0 Å². The summed E-state index contributed by atoms with van der Waals surface area (Å²) in [4.78, 5) is 12.3. The fraction of sp³-hybridized carbons (Fsp3) is 0.263. The molecule has 2 aromatic rings. The fourth-order valence-corrected chi connectivity index (χ4v) is 2.66. The summed E-state index contributed by atoms with van der Waals surface area (Å²) in [5.74, 6) is -0.452. The zero-order valence-electron chi connectivity index (χ0n) is 14.5. The third-order valence-electron chi connectivity index (χ3n) is 3.90. The maximum absolute atomic E-state index is 12.3. The SMILES string of the molecule is COCCn1c(C)cc(C=C(C#N)C(=O)Nc2ccc(Cl)cc2)c1C. The standard InChI is InChI=1S/C19H20ClN3O2/c1-13-10-15(14(2)23(13)8-9-25-3)11-16(12-21)19(24)22-18-6-4-17(20)5-7-18/h4-7,10-11H,8-9H2,1-3H3,(H,22,24). The third-order valence-corrected chi connectivity index (χ3v) is 4.15. The van der Waals surface area contributed by atoms with Crippen LogP contribution in [0.5, 0.6) is 0 Å². The highest BCUT2D eigenvalue weighted by molar-refractivity contribution is 6.30. The molecule has 0 aliphatic heterocycles. The average molecular weight is 358 g/mol. The molecule has 25 heavy (non-hydrogen) atoms. The van der Waals surface area contributed by atoms with Crippen LogP contribution in [0.1, 0.15) is 17.0 Å². The van der Waals surface area contributed by atoms with E-state index in [-0.39, 0.29) is 5.57 Å². The summed E-state index contributed by atoms with van der Waals surface area (Å²) in [6.45, 7) is 5.27. The Morgan fingerprint density at radius 1 is 1.36 bits per heavy atom. The van der Waals surface area contributed by atoms with Crippen molar-refractivity contribution < 1.29 is 9.53 Å². The molecule has 5 nitrogen and oxygen atoms in total. The Balaban J connectivity index is 2.23. The molecule has 0 radical (unpaired) electrons. The topological polar surface area (TPSA) is 67.0 Å². The number of carbonyl (C=O) groups is 1. The van der Waals surface area contributed by atoms with Crippen LogP contribution in [0.3, 0.4) is 0 Å². The lowest BCUT2D eigenvalue weighted by Crippen LogP contribution is -2.13. The Morgan fingerprint density at radius 2 is 2.04 bits per heavy atom. The first-order valence-electron chi connectivity index (χ1n) is 7.80. The first-order chi connectivity index (χ1) is 12.0. The molecule has 6 heteroatoms. The van der Waals surface area contributed by atoms with Crippen LogP contribution in [0, 0.1) is 25.2 Å². The highest BCUT2D eigenvalue weighted by atomic mass is 35.5. The van der Waals surface area contributed by atoms with Crippen molar-refractivity contribution in [3.05, 3.63) is 57.9 Å². The molecule has 0 fully saturated rings. The lowest BCUT2D eigenvalue weighted by Gasteiger charge is -2.08. The average Bonchev–Trinajstić information content (AvgIpc) is 2.86. The van der Waals surface area contributed by atoms with Gasteiger partial charge in [0.25, 0.3) is 5.91 Å². The molecule has 0 unspecified atom stereocenters. The number of hydrogen-bond acceptors (Lipinski definition) is 3. The minimum Gasteiger partial charge on any atom is -0.383 e. The molecular formula is C19H20ClN3O2. The Labute approximate surface area is 152 Å². The van der Waals surface area contributed by atoms with Crippen LogP contribution < -0.4 is 5.32 Å². The molecule has 1 aromatic carbocycles. The number of ether oxygens (including phenoxy) is 1. The number of methoxy groups -OCH3 is 1. The Kier molecular flexibility index (Phi) is 6.40. The van der Waals surface area contributed by atoms with Crippen molar-refractivity contribution >= 4 is 29.3 Å². The van der Waals surface area contributed by atoms with Gasteiger partial charge in [0.15, 0.2) is 0 Å². The summed E-state index contributed by atoms with van der Waals surface area (Å²) in [5.41, 5.74) is 3.51. The first-order valence-corrected chi connectivity index (χ1v) is 8.18. The lowest BCUT2D eigenvalue weighted by molar-refractivity contribution is -0.112. The van der Waals surface area contributed by atoms with Gasteiger partial charge < -0.3 is 14.6 Å². The van der Waals surface area contributed by atoms with Crippen LogP contribution in [0.2, 0.25) is 5.02 Å². The molecule has 0 aliphatic carbocycles. The fourth-order valence-electron chi connectivity index (χ4n) is 2.54. The van der Waals surface area contributed by atoms with Gasteiger partial charge in [-0.05, 0) is 55.8 Å². The molecule has 1 amide bonds. The number of anilines is 1. The minimum absolute atomic E-state index is 0.0435. The zero-order valence-corrected chi connectivity index (χ0v) is 15.2. The number of carbonyl (C=O) groups excluding carboxylic acids is 1. The van der Waals surface area contributed by atoms with Gasteiger partial charge in [-0.2, -0.15) is 5.26 Å². The minimum atomic E-state index is -0.452. The summed E-state index contributed by atoms with van der Waals surface area (Å²) in [6, 6.07) is 10.7. The Hall–Kier alpha value is -2.55. The predicted octanol–water partition coefficient (Wildman–Crippen LogP) is 3.95. The number of hydrogen-bond donors (Lipinski definition) is 1. The Bertz CT molecular complexity index is 830. The van der Waals surface area contributed by atoms with Gasteiger partial charge in [0.2, 0.25) is 0 Å². The highest BCUT2D eigenvalue weighted by Crippen LogP contribution is 2.19. The molecule has 1 heterocycles. The molecule has 0 bridgehead atoms. The van der Waals surface area contributed by atoms with Crippen molar-refractivity contribution in [3.8, 4) is 6.07 Å². The van der Waals surface area contributed by atoms with Crippen molar-refractivity contribution in [2.75, 3.05) is 19.0 Å². The normalized spacial score (nSPS) is 11.2. The number of amides is 1. The number of benzene rings is 1. The maximum atomic E-state index is 12.3. The van der Waals surface area contributed by atoms with Gasteiger partial charge in [0.1, 0.15) is 11.6 Å². The molecule has 1 aromatic heterocycles. The van der Waals surface area contributed by atoms with Gasteiger partial charge >= 0.3 is 0 Å². The second kappa shape index (κ2) is 8.52. The van der Waals surface area contributed by atoms with Crippen LogP contribution in [-0.4, -0.2) is 24.2 Å². The molecule has 0 atom stereocenters. The van der Waals surface area contributed by atoms with Crippen LogP contribution in [0.25, 0.3) is 6.08 Å². The van der Waals surface area contributed by atoms with E-state index in [1.54, 1.807) is 37.5 Å². The number of nitriles is 1. The van der Waals surface area contributed by atoms with Crippen molar-refractivity contribution in [2.45, 2.75) is 20.4 Å². The smallest absolute Gasteiger partial charge is 0.266 e. The van der Waals surface area contributed by atoms with E-state index in [0.717, 1.165) is 23.5 Å². The summed E-state index contributed by atoms with van der Waals surface area (Å²) < 4.78 is 7.22. The van der Waals surface area contributed by atoms with Crippen LogP contribution >= 0.6 is 11.6 Å². The van der Waals surface area contributed by atoms with E-state index in [1.807, 2.05) is 26.0 Å². The number of nitrogens with zero attached hydrogens (tertiary/aromatic N) is 2. The molecule has 130 valence electrons. The van der Waals surface area contributed by atoms with E-state index in [9.17, 15) is 10.1 Å². The summed E-state index contributed by atoms with van der Waals surface area (Å²) >= 11 is 5.83. The molecule has 0 aliphatic rings. The summed E-state index contributed by atoms with van der Waals surface area (Å²) in [7, 11) is 1.66. The molecule has 0 spiro atoms. The van der Waals surface area contributed by atoms with E-state index < -0.39 is 5.91 Å². The second-order valence-electron chi connectivity index (χ2n) is 5.60. The molecular weight excluding hydrogens is 338 g/mol. The number of halogens is 1. The van der Waals surface area contributed by atoms with E-state index in [1.165, 1.54) is 0 Å². The third kappa shape index (κ3) is 4.72. The van der Waals surface area contributed by atoms with E-state index in [0.29, 0.717) is 17.3 Å². The van der Waals surface area contributed by atoms with Gasteiger partial charge in [-0.1, -0.05) is 11.6 Å². The van der Waals surface area contributed by atoms with Gasteiger partial charge in [-0.25, -0.2) is 0 Å². The van der Waals surface area contributed by atoms with Crippen molar-refractivity contribution in [2.24, 2.45) is 0 Å². The van der Waals surface area contributed by atoms with Crippen LogP contribution in [0.4, 0.5) is 5.69 Å². The highest BCUT2D eigenvalue weighted by Gasteiger charge is 2.13. The first kappa shape index (κ1) is 18.8. The van der Waals surface area contributed by atoms with Gasteiger partial charge in [-0.3, -0.25) is 4.79 Å². The van der Waals surface area contributed by atoms with Crippen molar-refractivity contribution in [3.63, 3.8) is 0 Å². The van der Waals surface area contributed by atoms with E-state index in [2.05, 4.69) is 9.88 Å². The van der Waals surface area contributed by atoms with Crippen LogP contribution in [-0.2, 0) is 16.1 Å². The number of aromatic nitrogens is 1. The molecule has 0 saturated heterocycles. The van der Waals surface area contributed by atoms with Gasteiger partial charge in [0, 0.05) is 35.8 Å². The lowest BCUT2D eigenvalue weighted by atomic mass is 10.1. The summed E-state index contributed by atoms with van der Waals surface area (Å²) in [6.07, 6.45) is 1.61. The zero-order chi connectivity index (χ0) is 18.4. The number of aryl methyl sites for hydroxylation is 1. The summed E-state index contributed by atoms with van der Waals surface area (Å²) in [5, 5.41) is 12.6. The number of rotatable bonds is 6. The second-order valence-corrected chi connectivity index (χ2v) is 6.04. The van der Waals surface area contributed by atoms with Crippen molar-refractivity contribution in [1.29, 1.82) is 5.26 Å². The number of nitrogens with one attached hydrogen (secondary N) is 1. The Morgan fingerprint density at radius 3 is 2.64 bits per heavy atom. The molecule has 2 rings (SSSR count). The van der Waals surface area contributed by atoms with Gasteiger partial charge in [0.05, 0.1) is 6.61 Å². The quantitative estimate of drug-likeness (QED) is 0.628. The van der Waals surface area contributed by atoms with E-state index >= 15 is 0 Å². The maximum Gasteiger partial charge on any atom is 0.266 e.